The minimum Gasteiger partial charge on any atom is -0.489 e. The van der Waals surface area contributed by atoms with Gasteiger partial charge in [0.1, 0.15) is 17.9 Å². The SMILES string of the molecule is COC(=O)[C@H](CCSC)NC(=O)[C@@H]1C[C@H](Oc2ccccc2)CN1C[C@H](/C=C/[C@@H](N)CS)C(C)C. The van der Waals surface area contributed by atoms with Gasteiger partial charge >= 0.3 is 5.97 Å². The van der Waals surface area contributed by atoms with Gasteiger partial charge in [-0.15, -0.1) is 0 Å². The quantitative estimate of drug-likeness (QED) is 0.196. The van der Waals surface area contributed by atoms with Crippen LogP contribution < -0.4 is 15.8 Å². The van der Waals surface area contributed by atoms with Crippen molar-refractivity contribution in [3.8, 4) is 5.75 Å². The van der Waals surface area contributed by atoms with E-state index in [2.05, 4.69) is 42.8 Å². The third-order valence-corrected chi connectivity index (χ3v) is 7.31. The second kappa shape index (κ2) is 15.4. The summed E-state index contributed by atoms with van der Waals surface area (Å²) in [6, 6.07) is 8.48. The number of thioether (sulfide) groups is 1. The number of carbonyl (C=O) groups is 2. The van der Waals surface area contributed by atoms with Crippen LogP contribution in [-0.2, 0) is 14.3 Å². The summed E-state index contributed by atoms with van der Waals surface area (Å²) in [5, 5.41) is 2.95. The van der Waals surface area contributed by atoms with Crippen molar-refractivity contribution in [1.29, 1.82) is 0 Å². The molecule has 35 heavy (non-hydrogen) atoms. The summed E-state index contributed by atoms with van der Waals surface area (Å²) in [5.41, 5.74) is 6.04. The summed E-state index contributed by atoms with van der Waals surface area (Å²) in [4.78, 5) is 27.9. The van der Waals surface area contributed by atoms with Gasteiger partial charge in [-0.25, -0.2) is 4.79 Å². The molecule has 0 aliphatic carbocycles. The van der Waals surface area contributed by atoms with E-state index in [4.69, 9.17) is 15.2 Å². The van der Waals surface area contributed by atoms with E-state index in [0.29, 0.717) is 37.6 Å². The highest BCUT2D eigenvalue weighted by Crippen LogP contribution is 2.26. The van der Waals surface area contributed by atoms with Gasteiger partial charge in [0.15, 0.2) is 0 Å². The fraction of sp³-hybridized carbons (Fsp3) is 0.615. The molecule has 1 aliphatic heterocycles. The lowest BCUT2D eigenvalue weighted by Gasteiger charge is -2.29. The molecule has 7 nitrogen and oxygen atoms in total. The fourth-order valence-corrected chi connectivity index (χ4v) is 4.71. The topological polar surface area (TPSA) is 93.9 Å². The molecule has 9 heteroatoms. The summed E-state index contributed by atoms with van der Waals surface area (Å²) >= 11 is 5.90. The number of para-hydroxylation sites is 1. The van der Waals surface area contributed by atoms with Crippen molar-refractivity contribution in [2.45, 2.75) is 50.9 Å². The Balaban J connectivity index is 2.20. The van der Waals surface area contributed by atoms with Gasteiger partial charge in [0.2, 0.25) is 5.91 Å². The van der Waals surface area contributed by atoms with Crippen molar-refractivity contribution in [1.82, 2.24) is 10.2 Å². The number of ether oxygens (including phenoxy) is 2. The fourth-order valence-electron chi connectivity index (χ4n) is 4.12. The van der Waals surface area contributed by atoms with Crippen molar-refractivity contribution in [2.24, 2.45) is 17.6 Å². The molecule has 0 spiro atoms. The first kappa shape index (κ1) is 29.5. The maximum absolute atomic E-state index is 13.4. The van der Waals surface area contributed by atoms with E-state index in [9.17, 15) is 9.59 Å². The summed E-state index contributed by atoms with van der Waals surface area (Å²) in [6.45, 7) is 5.64. The molecule has 2 rings (SSSR count). The molecule has 1 aromatic carbocycles. The van der Waals surface area contributed by atoms with Crippen LogP contribution in [0.2, 0.25) is 0 Å². The molecule has 3 N–H and O–H groups in total. The molecule has 0 radical (unpaired) electrons. The van der Waals surface area contributed by atoms with Crippen LogP contribution in [0, 0.1) is 11.8 Å². The largest absolute Gasteiger partial charge is 0.489 e. The second-order valence-corrected chi connectivity index (χ2v) is 10.6. The Morgan fingerprint density at radius 3 is 2.60 bits per heavy atom. The van der Waals surface area contributed by atoms with Gasteiger partial charge in [0.25, 0.3) is 0 Å². The molecule has 1 aliphatic rings. The molecule has 1 saturated heterocycles. The molecule has 0 bridgehead atoms. The number of benzene rings is 1. The molecule has 5 atom stereocenters. The molecule has 1 aromatic rings. The molecular formula is C26H41N3O4S2. The van der Waals surface area contributed by atoms with E-state index >= 15 is 0 Å². The third-order valence-electron chi connectivity index (χ3n) is 6.24. The highest BCUT2D eigenvalue weighted by Gasteiger charge is 2.40. The Morgan fingerprint density at radius 1 is 1.29 bits per heavy atom. The van der Waals surface area contributed by atoms with E-state index in [1.807, 2.05) is 42.7 Å². The van der Waals surface area contributed by atoms with Crippen molar-refractivity contribution < 1.29 is 19.1 Å². The van der Waals surface area contributed by atoms with Gasteiger partial charge in [0.05, 0.1) is 13.2 Å². The van der Waals surface area contributed by atoms with E-state index in [-0.39, 0.29) is 24.0 Å². The zero-order valence-electron chi connectivity index (χ0n) is 21.3. The van der Waals surface area contributed by atoms with Crippen LogP contribution in [0.4, 0.5) is 0 Å². The van der Waals surface area contributed by atoms with Gasteiger partial charge in [-0.2, -0.15) is 24.4 Å². The Hall–Kier alpha value is -1.68. The highest BCUT2D eigenvalue weighted by molar-refractivity contribution is 7.98. The van der Waals surface area contributed by atoms with Crippen LogP contribution in [-0.4, -0.2) is 79.0 Å². The van der Waals surface area contributed by atoms with Crippen LogP contribution in [0.5, 0.6) is 5.75 Å². The molecular weight excluding hydrogens is 482 g/mol. The number of esters is 1. The zero-order chi connectivity index (χ0) is 25.8. The Morgan fingerprint density at radius 2 is 2.00 bits per heavy atom. The Labute approximate surface area is 220 Å². The van der Waals surface area contributed by atoms with E-state index < -0.39 is 18.1 Å². The van der Waals surface area contributed by atoms with Crippen molar-refractivity contribution in [3.63, 3.8) is 0 Å². The van der Waals surface area contributed by atoms with Gasteiger partial charge < -0.3 is 20.5 Å². The van der Waals surface area contributed by atoms with Gasteiger partial charge in [-0.3, -0.25) is 9.69 Å². The van der Waals surface area contributed by atoms with Crippen LogP contribution >= 0.6 is 24.4 Å². The predicted octanol–water partition coefficient (Wildman–Crippen LogP) is 3.00. The maximum Gasteiger partial charge on any atom is 0.328 e. The third kappa shape index (κ3) is 9.71. The number of hydrogen-bond donors (Lipinski definition) is 3. The second-order valence-electron chi connectivity index (χ2n) is 9.26. The lowest BCUT2D eigenvalue weighted by atomic mass is 9.94. The number of hydrogen-bond acceptors (Lipinski definition) is 8. The molecule has 1 fully saturated rings. The van der Waals surface area contributed by atoms with Crippen LogP contribution in [0.25, 0.3) is 0 Å². The van der Waals surface area contributed by atoms with E-state index in [0.717, 1.165) is 11.5 Å². The number of amides is 1. The van der Waals surface area contributed by atoms with Crippen LogP contribution in [0.3, 0.4) is 0 Å². The maximum atomic E-state index is 13.4. The molecule has 0 aromatic heterocycles. The summed E-state index contributed by atoms with van der Waals surface area (Å²) in [6.07, 6.45) is 7.04. The number of nitrogens with two attached hydrogens (primary N) is 1. The predicted molar refractivity (Wildman–Crippen MR) is 147 cm³/mol. The minimum absolute atomic E-state index is 0.108. The van der Waals surface area contributed by atoms with Gasteiger partial charge in [0, 0.05) is 31.3 Å². The summed E-state index contributed by atoms with van der Waals surface area (Å²) in [5.74, 6) is 2.09. The molecule has 0 saturated carbocycles. The monoisotopic (exact) mass is 523 g/mol. The Kier molecular flexibility index (Phi) is 13.0. The first-order valence-corrected chi connectivity index (χ1v) is 14.2. The number of nitrogens with zero attached hydrogens (tertiary/aromatic N) is 1. The number of rotatable bonds is 14. The molecule has 0 unspecified atom stereocenters. The van der Waals surface area contributed by atoms with Crippen LogP contribution in [0.1, 0.15) is 26.7 Å². The lowest BCUT2D eigenvalue weighted by Crippen LogP contribution is -2.50. The average Bonchev–Trinajstić information content (AvgIpc) is 3.25. The summed E-state index contributed by atoms with van der Waals surface area (Å²) < 4.78 is 11.1. The Bertz CT molecular complexity index is 809. The number of methoxy groups -OCH3 is 1. The average molecular weight is 524 g/mol. The lowest BCUT2D eigenvalue weighted by molar-refractivity contribution is -0.145. The standard InChI is InChI=1S/C26H41N3O4S2/c1-18(2)19(10-11-20(27)17-34)15-29-16-22(33-21-8-6-5-7-9-21)14-24(29)25(30)28-23(12-13-35-4)26(31)32-3/h5-11,18-20,22-24,34H,12-17,27H2,1-4H3,(H,28,30)/b11-10+/t19-,20+,22-,23-,24-/m0/s1. The first-order valence-electron chi connectivity index (χ1n) is 12.2. The molecule has 1 amide bonds. The minimum atomic E-state index is -0.662. The van der Waals surface area contributed by atoms with Gasteiger partial charge in [-0.1, -0.05) is 44.2 Å². The highest BCUT2D eigenvalue weighted by atomic mass is 32.2. The van der Waals surface area contributed by atoms with Crippen LogP contribution in [0.15, 0.2) is 42.5 Å². The van der Waals surface area contributed by atoms with E-state index in [1.54, 1.807) is 11.8 Å². The molecule has 1 heterocycles. The smallest absolute Gasteiger partial charge is 0.328 e. The molecule has 196 valence electrons. The van der Waals surface area contributed by atoms with Gasteiger partial charge in [-0.05, 0) is 42.4 Å². The number of carbonyl (C=O) groups excluding carboxylic acids is 2. The van der Waals surface area contributed by atoms with E-state index in [1.165, 1.54) is 7.11 Å². The van der Waals surface area contributed by atoms with Crippen molar-refractivity contribution in [2.75, 3.05) is 38.0 Å². The van der Waals surface area contributed by atoms with Crippen molar-refractivity contribution in [3.05, 3.63) is 42.5 Å². The zero-order valence-corrected chi connectivity index (χ0v) is 23.0. The number of likely N-dealkylation sites (tertiary alicyclic amines) is 1. The first-order chi connectivity index (χ1) is 16.8. The number of nitrogens with one attached hydrogen (secondary N) is 1. The normalized spacial score (nSPS) is 21.1. The summed E-state index contributed by atoms with van der Waals surface area (Å²) in [7, 11) is 1.35. The number of thiol groups is 1. The van der Waals surface area contributed by atoms with Crippen molar-refractivity contribution >= 4 is 36.3 Å².